The van der Waals surface area contributed by atoms with Crippen LogP contribution in [0.3, 0.4) is 0 Å². The number of carboxylic acid groups (broad SMARTS) is 1. The Morgan fingerprint density at radius 3 is 2.45 bits per heavy atom. The molecule has 1 unspecified atom stereocenters. The van der Waals surface area contributed by atoms with Crippen molar-refractivity contribution in [2.75, 3.05) is 0 Å². The van der Waals surface area contributed by atoms with Crippen LogP contribution in [0.5, 0.6) is 0 Å². The fourth-order valence-electron chi connectivity index (χ4n) is 2.32. The largest absolute Gasteiger partial charge is 0.478 e. The third-order valence-electron chi connectivity index (χ3n) is 3.71. The van der Waals surface area contributed by atoms with E-state index in [0.717, 1.165) is 29.4 Å². The number of hydrogen-bond acceptors (Lipinski definition) is 2. The predicted octanol–water partition coefficient (Wildman–Crippen LogP) is 4.26. The molecule has 116 valence electrons. The molecular weight excluding hydrogens is 342 g/mol. The number of aromatic carboxylic acids is 1. The van der Waals surface area contributed by atoms with Crippen molar-refractivity contribution < 1.29 is 9.90 Å². The van der Waals surface area contributed by atoms with E-state index in [2.05, 4.69) is 46.4 Å². The molecule has 0 saturated heterocycles. The summed E-state index contributed by atoms with van der Waals surface area (Å²) in [6.07, 6.45) is 2.00. The van der Waals surface area contributed by atoms with Crippen molar-refractivity contribution in [2.24, 2.45) is 0 Å². The van der Waals surface area contributed by atoms with E-state index >= 15 is 0 Å². The standard InChI is InChI=1S/C18H20BrNO2/c1-2-16(11-15-5-3-4-6-17(15)19)20-12-13-7-9-14(10-8-13)18(21)22/h3-10,16,20H,2,11-12H2,1H3,(H,21,22). The normalized spacial score (nSPS) is 12.1. The van der Waals surface area contributed by atoms with Crippen molar-refractivity contribution in [3.63, 3.8) is 0 Å². The lowest BCUT2D eigenvalue weighted by Crippen LogP contribution is -2.30. The maximum Gasteiger partial charge on any atom is 0.335 e. The van der Waals surface area contributed by atoms with E-state index in [1.807, 2.05) is 18.2 Å². The van der Waals surface area contributed by atoms with E-state index < -0.39 is 5.97 Å². The minimum atomic E-state index is -0.889. The first-order valence-corrected chi connectivity index (χ1v) is 8.18. The Balaban J connectivity index is 1.93. The van der Waals surface area contributed by atoms with Gasteiger partial charge >= 0.3 is 5.97 Å². The van der Waals surface area contributed by atoms with Crippen LogP contribution in [0.2, 0.25) is 0 Å². The molecule has 0 heterocycles. The molecule has 2 aromatic carbocycles. The quantitative estimate of drug-likeness (QED) is 0.774. The van der Waals surface area contributed by atoms with E-state index in [4.69, 9.17) is 5.11 Å². The SMILES string of the molecule is CCC(Cc1ccccc1Br)NCc1ccc(C(=O)O)cc1. The van der Waals surface area contributed by atoms with Gasteiger partial charge in [0, 0.05) is 17.1 Å². The Kier molecular flexibility index (Phi) is 6.16. The number of benzene rings is 2. The number of nitrogens with one attached hydrogen (secondary N) is 1. The van der Waals surface area contributed by atoms with Gasteiger partial charge in [-0.15, -0.1) is 0 Å². The maximum absolute atomic E-state index is 10.8. The fraction of sp³-hybridized carbons (Fsp3) is 0.278. The monoisotopic (exact) mass is 361 g/mol. The summed E-state index contributed by atoms with van der Waals surface area (Å²) in [4.78, 5) is 10.8. The van der Waals surface area contributed by atoms with Gasteiger partial charge in [-0.05, 0) is 42.2 Å². The fourth-order valence-corrected chi connectivity index (χ4v) is 2.76. The van der Waals surface area contributed by atoms with Gasteiger partial charge in [0.1, 0.15) is 0 Å². The molecule has 2 aromatic rings. The van der Waals surface area contributed by atoms with Crippen LogP contribution < -0.4 is 5.32 Å². The Bertz CT molecular complexity index is 625. The van der Waals surface area contributed by atoms with Gasteiger partial charge in [0.2, 0.25) is 0 Å². The van der Waals surface area contributed by atoms with Crippen LogP contribution >= 0.6 is 15.9 Å². The summed E-state index contributed by atoms with van der Waals surface area (Å²) in [5, 5.41) is 12.4. The second kappa shape index (κ2) is 8.11. The average molecular weight is 362 g/mol. The van der Waals surface area contributed by atoms with E-state index in [9.17, 15) is 4.79 Å². The first kappa shape index (κ1) is 16.7. The van der Waals surface area contributed by atoms with E-state index in [1.165, 1.54) is 5.56 Å². The van der Waals surface area contributed by atoms with Crippen LogP contribution in [0.1, 0.15) is 34.8 Å². The van der Waals surface area contributed by atoms with Gasteiger partial charge in [-0.3, -0.25) is 0 Å². The number of carboxylic acids is 1. The van der Waals surface area contributed by atoms with Gasteiger partial charge in [0.15, 0.2) is 0 Å². The molecule has 2 rings (SSSR count). The molecule has 0 aliphatic carbocycles. The topological polar surface area (TPSA) is 49.3 Å². The lowest BCUT2D eigenvalue weighted by molar-refractivity contribution is 0.0697. The summed E-state index contributed by atoms with van der Waals surface area (Å²) in [5.74, 6) is -0.889. The molecule has 0 bridgehead atoms. The molecule has 2 N–H and O–H groups in total. The van der Waals surface area contributed by atoms with Crippen LogP contribution in [0.4, 0.5) is 0 Å². The highest BCUT2D eigenvalue weighted by molar-refractivity contribution is 9.10. The molecule has 0 saturated carbocycles. The molecule has 0 spiro atoms. The van der Waals surface area contributed by atoms with Crippen molar-refractivity contribution >= 4 is 21.9 Å². The highest BCUT2D eigenvalue weighted by Crippen LogP contribution is 2.18. The Morgan fingerprint density at radius 1 is 1.18 bits per heavy atom. The predicted molar refractivity (Wildman–Crippen MR) is 92.2 cm³/mol. The smallest absolute Gasteiger partial charge is 0.335 e. The second-order valence-corrected chi connectivity index (χ2v) is 6.14. The van der Waals surface area contributed by atoms with Crippen molar-refractivity contribution in [1.29, 1.82) is 0 Å². The highest BCUT2D eigenvalue weighted by atomic mass is 79.9. The molecular formula is C18H20BrNO2. The molecule has 3 nitrogen and oxygen atoms in total. The van der Waals surface area contributed by atoms with Crippen LogP contribution in [0.15, 0.2) is 53.0 Å². The van der Waals surface area contributed by atoms with E-state index in [0.29, 0.717) is 11.6 Å². The van der Waals surface area contributed by atoms with Crippen molar-refractivity contribution in [2.45, 2.75) is 32.4 Å². The summed E-state index contributed by atoms with van der Waals surface area (Å²) in [6, 6.07) is 15.7. The minimum absolute atomic E-state index is 0.323. The van der Waals surface area contributed by atoms with Crippen LogP contribution in [-0.2, 0) is 13.0 Å². The molecule has 0 aliphatic rings. The molecule has 1 atom stereocenters. The van der Waals surface area contributed by atoms with Crippen LogP contribution in [0, 0.1) is 0 Å². The summed E-state index contributed by atoms with van der Waals surface area (Å²) in [6.45, 7) is 2.91. The van der Waals surface area contributed by atoms with Crippen LogP contribution in [-0.4, -0.2) is 17.1 Å². The number of carbonyl (C=O) groups is 1. The lowest BCUT2D eigenvalue weighted by atomic mass is 10.0. The summed E-state index contributed by atoms with van der Waals surface area (Å²) >= 11 is 3.59. The van der Waals surface area contributed by atoms with Gasteiger partial charge in [-0.25, -0.2) is 4.79 Å². The van der Waals surface area contributed by atoms with Crippen molar-refractivity contribution in [1.82, 2.24) is 5.32 Å². The maximum atomic E-state index is 10.8. The summed E-state index contributed by atoms with van der Waals surface area (Å²) in [5.41, 5.74) is 2.71. The molecule has 0 amide bonds. The van der Waals surface area contributed by atoms with Crippen LogP contribution in [0.25, 0.3) is 0 Å². The third kappa shape index (κ3) is 4.68. The first-order chi connectivity index (χ1) is 10.6. The van der Waals surface area contributed by atoms with Gasteiger partial charge in [0.25, 0.3) is 0 Å². The molecule has 22 heavy (non-hydrogen) atoms. The second-order valence-electron chi connectivity index (χ2n) is 5.28. The Hall–Kier alpha value is -1.65. The van der Waals surface area contributed by atoms with E-state index in [1.54, 1.807) is 12.1 Å². The zero-order chi connectivity index (χ0) is 15.9. The zero-order valence-corrected chi connectivity index (χ0v) is 14.1. The molecule has 0 aliphatic heterocycles. The molecule has 0 radical (unpaired) electrons. The van der Waals surface area contributed by atoms with Gasteiger partial charge < -0.3 is 10.4 Å². The summed E-state index contributed by atoms with van der Waals surface area (Å²) in [7, 11) is 0. The highest BCUT2D eigenvalue weighted by Gasteiger charge is 2.09. The number of rotatable bonds is 7. The zero-order valence-electron chi connectivity index (χ0n) is 12.6. The Morgan fingerprint density at radius 2 is 1.86 bits per heavy atom. The van der Waals surface area contributed by atoms with Gasteiger partial charge in [-0.2, -0.15) is 0 Å². The van der Waals surface area contributed by atoms with Gasteiger partial charge in [-0.1, -0.05) is 53.2 Å². The van der Waals surface area contributed by atoms with Crippen molar-refractivity contribution in [3.05, 3.63) is 69.7 Å². The number of halogens is 1. The minimum Gasteiger partial charge on any atom is -0.478 e. The summed E-state index contributed by atoms with van der Waals surface area (Å²) < 4.78 is 1.14. The van der Waals surface area contributed by atoms with Gasteiger partial charge in [0.05, 0.1) is 5.56 Å². The first-order valence-electron chi connectivity index (χ1n) is 7.39. The number of hydrogen-bond donors (Lipinski definition) is 2. The lowest BCUT2D eigenvalue weighted by Gasteiger charge is -2.18. The van der Waals surface area contributed by atoms with E-state index in [-0.39, 0.29) is 0 Å². The molecule has 0 fully saturated rings. The average Bonchev–Trinajstić information content (AvgIpc) is 2.53. The molecule has 4 heteroatoms. The Labute approximate surface area is 139 Å². The third-order valence-corrected chi connectivity index (χ3v) is 4.49. The van der Waals surface area contributed by atoms with Crippen molar-refractivity contribution in [3.8, 4) is 0 Å². The molecule has 0 aromatic heterocycles.